The fourth-order valence-electron chi connectivity index (χ4n) is 0.871. The Kier molecular flexibility index (Phi) is 2.31. The van der Waals surface area contributed by atoms with Gasteiger partial charge in [0.25, 0.3) is 0 Å². The Balaban J connectivity index is 3.06. The van der Waals surface area contributed by atoms with Crippen LogP contribution in [-0.2, 0) is 0 Å². The maximum absolute atomic E-state index is 8.56. The van der Waals surface area contributed by atoms with Crippen LogP contribution in [0.4, 0.5) is 0 Å². The van der Waals surface area contributed by atoms with Crippen molar-refractivity contribution in [1.82, 2.24) is 0 Å². The van der Waals surface area contributed by atoms with Crippen molar-refractivity contribution in [2.75, 3.05) is 0 Å². The molecule has 0 bridgehead atoms. The van der Waals surface area contributed by atoms with Crippen LogP contribution in [0.25, 0.3) is 0 Å². The first-order chi connectivity index (χ1) is 5.38. The van der Waals surface area contributed by atoms with E-state index >= 15 is 0 Å². The second-order valence-electron chi connectivity index (χ2n) is 2.13. The topological polar surface area (TPSA) is 23.8 Å². The minimum atomic E-state index is 0.400. The fourth-order valence-corrected chi connectivity index (χ4v) is 0.871. The van der Waals surface area contributed by atoms with Gasteiger partial charge in [-0.25, -0.2) is 0 Å². The van der Waals surface area contributed by atoms with E-state index in [2.05, 4.69) is 5.92 Å². The monoisotopic (exact) mass is 141 g/mol. The van der Waals surface area contributed by atoms with E-state index in [1.165, 1.54) is 0 Å². The van der Waals surface area contributed by atoms with E-state index in [0.717, 1.165) is 12.0 Å². The van der Waals surface area contributed by atoms with E-state index in [0.29, 0.717) is 5.57 Å². The van der Waals surface area contributed by atoms with E-state index < -0.39 is 0 Å². The molecule has 0 radical (unpaired) electrons. The molecule has 0 fully saturated rings. The molecule has 1 rings (SSSR count). The molecule has 0 atom stereocenters. The number of allylic oxidation sites excluding steroid dienone is 6. The quantitative estimate of drug-likeness (QED) is 0.373. The summed E-state index contributed by atoms with van der Waals surface area (Å²) >= 11 is 0. The van der Waals surface area contributed by atoms with E-state index in [-0.39, 0.29) is 0 Å². The lowest BCUT2D eigenvalue weighted by Gasteiger charge is -1.98. The van der Waals surface area contributed by atoms with Gasteiger partial charge in [-0.05, 0) is 6.42 Å². The van der Waals surface area contributed by atoms with Crippen LogP contribution in [0.3, 0.4) is 0 Å². The number of nitriles is 1. The molecule has 1 aliphatic carbocycles. The summed E-state index contributed by atoms with van der Waals surface area (Å²) in [4.78, 5) is 0. The Hall–Kier alpha value is -1.73. The van der Waals surface area contributed by atoms with Gasteiger partial charge >= 0.3 is 0 Å². The van der Waals surface area contributed by atoms with E-state index in [9.17, 15) is 0 Å². The first kappa shape index (κ1) is 7.38. The van der Waals surface area contributed by atoms with Gasteiger partial charge < -0.3 is 0 Å². The SMILES string of the molecule is C#CC(C#N)=C1C=CCC=C1. The highest BCUT2D eigenvalue weighted by atomic mass is 14.2. The molecule has 0 aromatic rings. The minimum Gasteiger partial charge on any atom is -0.192 e. The van der Waals surface area contributed by atoms with Crippen LogP contribution in [0.15, 0.2) is 35.5 Å². The Labute approximate surface area is 66.3 Å². The lowest BCUT2D eigenvalue weighted by Crippen LogP contribution is -1.83. The van der Waals surface area contributed by atoms with Crippen molar-refractivity contribution in [3.05, 3.63) is 35.5 Å². The maximum Gasteiger partial charge on any atom is 0.109 e. The average molecular weight is 141 g/mol. The molecule has 0 saturated carbocycles. The molecule has 0 heterocycles. The zero-order chi connectivity index (χ0) is 8.10. The highest BCUT2D eigenvalue weighted by Gasteiger charge is 1.98. The number of hydrogen-bond donors (Lipinski definition) is 0. The molecule has 0 aromatic heterocycles. The lowest BCUT2D eigenvalue weighted by atomic mass is 10.0. The zero-order valence-corrected chi connectivity index (χ0v) is 6.04. The second-order valence-corrected chi connectivity index (χ2v) is 2.13. The van der Waals surface area contributed by atoms with E-state index in [1.54, 1.807) is 0 Å². The standard InChI is InChI=1S/C10H7N/c1-2-9(8-11)10-6-4-3-5-7-10/h1,4-7H,3H2. The van der Waals surface area contributed by atoms with E-state index in [1.807, 2.05) is 30.4 Å². The van der Waals surface area contributed by atoms with Crippen LogP contribution >= 0.6 is 0 Å². The third-order valence-electron chi connectivity index (χ3n) is 1.41. The van der Waals surface area contributed by atoms with Gasteiger partial charge in [0, 0.05) is 5.57 Å². The second kappa shape index (κ2) is 3.44. The molecule has 0 aromatic carbocycles. The Morgan fingerprint density at radius 3 is 2.55 bits per heavy atom. The summed E-state index contributed by atoms with van der Waals surface area (Å²) in [6.07, 6.45) is 13.7. The number of rotatable bonds is 0. The molecule has 1 aliphatic rings. The van der Waals surface area contributed by atoms with Crippen molar-refractivity contribution in [2.24, 2.45) is 0 Å². The summed E-state index contributed by atoms with van der Waals surface area (Å²) in [7, 11) is 0. The molecule has 1 nitrogen and oxygen atoms in total. The summed E-state index contributed by atoms with van der Waals surface area (Å²) in [6, 6.07) is 1.96. The molecule has 0 spiro atoms. The minimum absolute atomic E-state index is 0.400. The van der Waals surface area contributed by atoms with Crippen LogP contribution in [0.2, 0.25) is 0 Å². The van der Waals surface area contributed by atoms with Gasteiger partial charge in [0.2, 0.25) is 0 Å². The smallest absolute Gasteiger partial charge is 0.109 e. The Morgan fingerprint density at radius 2 is 2.09 bits per heavy atom. The highest BCUT2D eigenvalue weighted by Crippen LogP contribution is 2.11. The summed E-state index contributed by atoms with van der Waals surface area (Å²) in [6.45, 7) is 0. The number of nitrogens with zero attached hydrogens (tertiary/aromatic N) is 1. The Bertz CT molecular complexity index is 286. The van der Waals surface area contributed by atoms with Crippen LogP contribution in [0, 0.1) is 23.7 Å². The van der Waals surface area contributed by atoms with Gasteiger partial charge in [-0.1, -0.05) is 30.2 Å². The average Bonchev–Trinajstić information content (AvgIpc) is 2.09. The van der Waals surface area contributed by atoms with Crippen LogP contribution in [-0.4, -0.2) is 0 Å². The van der Waals surface area contributed by atoms with Gasteiger partial charge in [-0.3, -0.25) is 0 Å². The van der Waals surface area contributed by atoms with Gasteiger partial charge in [0.15, 0.2) is 0 Å². The molecule has 0 N–H and O–H groups in total. The van der Waals surface area contributed by atoms with Crippen molar-refractivity contribution >= 4 is 0 Å². The first-order valence-electron chi connectivity index (χ1n) is 3.32. The van der Waals surface area contributed by atoms with Crippen molar-refractivity contribution in [1.29, 1.82) is 5.26 Å². The molecule has 11 heavy (non-hydrogen) atoms. The molecule has 0 saturated heterocycles. The summed E-state index contributed by atoms with van der Waals surface area (Å²) < 4.78 is 0. The first-order valence-corrected chi connectivity index (χ1v) is 3.32. The van der Waals surface area contributed by atoms with Crippen molar-refractivity contribution in [3.63, 3.8) is 0 Å². The third kappa shape index (κ3) is 1.60. The lowest BCUT2D eigenvalue weighted by molar-refractivity contribution is 1.33. The predicted molar refractivity (Wildman–Crippen MR) is 44.4 cm³/mol. The van der Waals surface area contributed by atoms with Gasteiger partial charge in [-0.2, -0.15) is 5.26 Å². The highest BCUT2D eigenvalue weighted by molar-refractivity contribution is 5.52. The summed E-state index contributed by atoms with van der Waals surface area (Å²) in [5, 5.41) is 8.56. The number of hydrogen-bond acceptors (Lipinski definition) is 1. The normalized spacial score (nSPS) is 13.8. The predicted octanol–water partition coefficient (Wildman–Crippen LogP) is 1.96. The third-order valence-corrected chi connectivity index (χ3v) is 1.41. The molecule has 0 aliphatic heterocycles. The fraction of sp³-hybridized carbons (Fsp3) is 0.100. The molecular weight excluding hydrogens is 134 g/mol. The van der Waals surface area contributed by atoms with Gasteiger partial charge in [0.05, 0.1) is 0 Å². The van der Waals surface area contributed by atoms with Crippen LogP contribution in [0.5, 0.6) is 0 Å². The van der Waals surface area contributed by atoms with Gasteiger partial charge in [-0.15, -0.1) is 6.42 Å². The molecule has 1 heteroatoms. The van der Waals surface area contributed by atoms with Crippen molar-refractivity contribution in [3.8, 4) is 18.4 Å². The molecular formula is C10H7N. The van der Waals surface area contributed by atoms with Crippen LogP contribution in [0.1, 0.15) is 6.42 Å². The van der Waals surface area contributed by atoms with E-state index in [4.69, 9.17) is 11.7 Å². The van der Waals surface area contributed by atoms with Crippen molar-refractivity contribution in [2.45, 2.75) is 6.42 Å². The van der Waals surface area contributed by atoms with Crippen molar-refractivity contribution < 1.29 is 0 Å². The molecule has 0 amide bonds. The molecule has 0 unspecified atom stereocenters. The summed E-state index contributed by atoms with van der Waals surface area (Å²) in [5.41, 5.74) is 1.23. The number of terminal acetylenes is 1. The van der Waals surface area contributed by atoms with Gasteiger partial charge in [0.1, 0.15) is 11.6 Å². The zero-order valence-electron chi connectivity index (χ0n) is 6.04. The largest absolute Gasteiger partial charge is 0.192 e. The maximum atomic E-state index is 8.56. The molecule has 52 valence electrons. The summed E-state index contributed by atoms with van der Waals surface area (Å²) in [5.74, 6) is 2.34. The van der Waals surface area contributed by atoms with Crippen LogP contribution < -0.4 is 0 Å². The Morgan fingerprint density at radius 1 is 1.45 bits per heavy atom.